The summed E-state index contributed by atoms with van der Waals surface area (Å²) in [5.74, 6) is -1.78. The van der Waals surface area contributed by atoms with Crippen molar-refractivity contribution in [2.24, 2.45) is 0 Å². The fourth-order valence-electron chi connectivity index (χ4n) is 4.38. The van der Waals surface area contributed by atoms with Gasteiger partial charge in [-0.2, -0.15) is 0 Å². The maximum atomic E-state index is 13.4. The summed E-state index contributed by atoms with van der Waals surface area (Å²) in [4.78, 5) is 51.9. The summed E-state index contributed by atoms with van der Waals surface area (Å²) >= 11 is 5.87. The minimum atomic E-state index is -1.40. The third kappa shape index (κ3) is 4.63. The van der Waals surface area contributed by atoms with Crippen molar-refractivity contribution in [3.63, 3.8) is 0 Å². The molecule has 1 aromatic rings. The molecule has 3 heterocycles. The number of fused-ring (bicyclic) bond motifs is 1. The van der Waals surface area contributed by atoms with Gasteiger partial charge in [-0.3, -0.25) is 19.2 Å². The van der Waals surface area contributed by atoms with E-state index in [1.165, 1.54) is 4.90 Å². The molecular formula is C22H24ClN3O6. The molecule has 3 aliphatic rings. The van der Waals surface area contributed by atoms with Crippen molar-refractivity contribution in [2.75, 3.05) is 0 Å². The predicted molar refractivity (Wildman–Crippen MR) is 113 cm³/mol. The molecule has 0 saturated carbocycles. The van der Waals surface area contributed by atoms with E-state index < -0.39 is 42.2 Å². The zero-order chi connectivity index (χ0) is 22.8. The highest BCUT2D eigenvalue weighted by Gasteiger charge is 2.45. The van der Waals surface area contributed by atoms with Gasteiger partial charge in [0.15, 0.2) is 0 Å². The summed E-state index contributed by atoms with van der Waals surface area (Å²) in [6.07, 6.45) is 4.30. The molecule has 2 saturated heterocycles. The molecule has 3 amide bonds. The molecule has 170 valence electrons. The second-order valence-corrected chi connectivity index (χ2v) is 8.60. The van der Waals surface area contributed by atoms with Crippen LogP contribution in [-0.2, 0) is 19.1 Å². The number of aliphatic hydroxyl groups excluding tert-OH is 1. The molecule has 9 nitrogen and oxygen atoms in total. The molecule has 32 heavy (non-hydrogen) atoms. The lowest BCUT2D eigenvalue weighted by Crippen LogP contribution is -2.57. The van der Waals surface area contributed by atoms with Crippen LogP contribution in [0, 0.1) is 0 Å². The highest BCUT2D eigenvalue weighted by atomic mass is 35.5. The highest BCUT2D eigenvalue weighted by molar-refractivity contribution is 6.30. The summed E-state index contributed by atoms with van der Waals surface area (Å²) in [6, 6.07) is 3.75. The van der Waals surface area contributed by atoms with Gasteiger partial charge in [0.2, 0.25) is 18.1 Å². The van der Waals surface area contributed by atoms with E-state index in [0.717, 1.165) is 0 Å². The number of cyclic esters (lactones) is 1. The number of nitrogens with one attached hydrogen (secondary N) is 2. The molecule has 2 unspecified atom stereocenters. The first-order valence-corrected chi connectivity index (χ1v) is 10.9. The van der Waals surface area contributed by atoms with E-state index in [4.69, 9.17) is 11.6 Å². The molecule has 0 aromatic heterocycles. The van der Waals surface area contributed by atoms with Crippen LogP contribution < -0.4 is 10.6 Å². The Balaban J connectivity index is 1.49. The fourth-order valence-corrected chi connectivity index (χ4v) is 4.51. The van der Waals surface area contributed by atoms with Crippen LogP contribution in [0.15, 0.2) is 36.4 Å². The maximum absolute atomic E-state index is 13.4. The standard InChI is InChI=1S/C22H24ClN3O6/c23-13-7-5-12(6-8-13)19(28)24-15-4-2-1-3-14-9-10-17(26(14)21(15)30)20(29)25-16-11-18(27)32-22(16)31/h1-2,5-8,14-17,22,31H,3-4,9-11H2,(H,24,28)(H,25,29)/b2-1-/t14-,15+,16?,17+,22?/m1/s1. The number of ether oxygens (including phenoxy) is 1. The number of hydrogen-bond acceptors (Lipinski definition) is 6. The van der Waals surface area contributed by atoms with Crippen molar-refractivity contribution in [2.45, 2.75) is 62.6 Å². The lowest BCUT2D eigenvalue weighted by Gasteiger charge is -2.34. The molecule has 5 atom stereocenters. The van der Waals surface area contributed by atoms with Gasteiger partial charge in [0.1, 0.15) is 18.1 Å². The minimum absolute atomic E-state index is 0.125. The third-order valence-electron chi connectivity index (χ3n) is 6.03. The molecule has 1 aromatic carbocycles. The molecule has 0 spiro atoms. The lowest BCUT2D eigenvalue weighted by molar-refractivity contribution is -0.155. The summed E-state index contributed by atoms with van der Waals surface area (Å²) < 4.78 is 4.67. The number of aliphatic hydroxyl groups is 1. The van der Waals surface area contributed by atoms with Crippen LogP contribution in [0.1, 0.15) is 42.5 Å². The van der Waals surface area contributed by atoms with Crippen LogP contribution in [-0.4, -0.2) is 64.2 Å². The summed E-state index contributed by atoms with van der Waals surface area (Å²) in [7, 11) is 0. The van der Waals surface area contributed by atoms with Crippen LogP contribution in [0.4, 0.5) is 0 Å². The first-order valence-electron chi connectivity index (χ1n) is 10.5. The average Bonchev–Trinajstić information content (AvgIpc) is 3.31. The molecule has 0 bridgehead atoms. The van der Waals surface area contributed by atoms with Crippen LogP contribution in [0.25, 0.3) is 0 Å². The molecule has 0 radical (unpaired) electrons. The average molecular weight is 462 g/mol. The van der Waals surface area contributed by atoms with Gasteiger partial charge in [-0.15, -0.1) is 0 Å². The van der Waals surface area contributed by atoms with E-state index in [9.17, 15) is 24.3 Å². The maximum Gasteiger partial charge on any atom is 0.310 e. The largest absolute Gasteiger partial charge is 0.434 e. The van der Waals surface area contributed by atoms with Crippen molar-refractivity contribution in [3.8, 4) is 0 Å². The Kier molecular flexibility index (Phi) is 6.48. The Morgan fingerprint density at radius 3 is 2.47 bits per heavy atom. The second-order valence-electron chi connectivity index (χ2n) is 8.17. The van der Waals surface area contributed by atoms with Gasteiger partial charge >= 0.3 is 5.97 Å². The molecule has 4 rings (SSSR count). The Bertz CT molecular complexity index is 949. The molecular weight excluding hydrogens is 438 g/mol. The monoisotopic (exact) mass is 461 g/mol. The van der Waals surface area contributed by atoms with E-state index in [2.05, 4.69) is 15.4 Å². The van der Waals surface area contributed by atoms with Crippen molar-refractivity contribution in [3.05, 3.63) is 47.0 Å². The summed E-state index contributed by atoms with van der Waals surface area (Å²) in [5.41, 5.74) is 0.375. The van der Waals surface area contributed by atoms with Crippen molar-refractivity contribution < 1.29 is 29.0 Å². The van der Waals surface area contributed by atoms with Crippen molar-refractivity contribution in [1.29, 1.82) is 0 Å². The Morgan fingerprint density at radius 2 is 1.78 bits per heavy atom. The van der Waals surface area contributed by atoms with Gasteiger partial charge in [-0.25, -0.2) is 0 Å². The van der Waals surface area contributed by atoms with Crippen LogP contribution >= 0.6 is 11.6 Å². The molecule has 3 aliphatic heterocycles. The number of carbonyl (C=O) groups excluding carboxylic acids is 4. The Morgan fingerprint density at radius 1 is 1.06 bits per heavy atom. The third-order valence-corrected chi connectivity index (χ3v) is 6.28. The van der Waals surface area contributed by atoms with Crippen LogP contribution in [0.3, 0.4) is 0 Å². The predicted octanol–water partition coefficient (Wildman–Crippen LogP) is 0.898. The lowest BCUT2D eigenvalue weighted by atomic mass is 10.0. The number of carbonyl (C=O) groups is 4. The van der Waals surface area contributed by atoms with Crippen LogP contribution in [0.2, 0.25) is 5.02 Å². The first-order chi connectivity index (χ1) is 15.3. The smallest absolute Gasteiger partial charge is 0.310 e. The topological polar surface area (TPSA) is 125 Å². The zero-order valence-electron chi connectivity index (χ0n) is 17.2. The van der Waals surface area contributed by atoms with Gasteiger partial charge in [-0.1, -0.05) is 23.8 Å². The number of halogens is 1. The molecule has 2 fully saturated rings. The van der Waals surface area contributed by atoms with E-state index in [0.29, 0.717) is 36.3 Å². The fraction of sp³-hybridized carbons (Fsp3) is 0.455. The Hall–Kier alpha value is -2.91. The van der Waals surface area contributed by atoms with Crippen LogP contribution in [0.5, 0.6) is 0 Å². The van der Waals surface area contributed by atoms with Gasteiger partial charge in [0, 0.05) is 16.6 Å². The molecule has 3 N–H and O–H groups in total. The number of nitrogens with zero attached hydrogens (tertiary/aromatic N) is 1. The highest BCUT2D eigenvalue weighted by Crippen LogP contribution is 2.30. The first kappa shape index (κ1) is 22.3. The van der Waals surface area contributed by atoms with E-state index in [1.54, 1.807) is 24.3 Å². The molecule has 10 heteroatoms. The SMILES string of the molecule is O=C1CC(NC(=O)[C@@H]2CC[C@H]3C/C=C\C[C@H](NC(=O)c4ccc(Cl)cc4)C(=O)N32)C(O)O1. The van der Waals surface area contributed by atoms with Crippen molar-refractivity contribution >= 4 is 35.3 Å². The summed E-state index contributed by atoms with van der Waals surface area (Å²) in [6.45, 7) is 0. The van der Waals surface area contributed by atoms with E-state index in [-0.39, 0.29) is 18.4 Å². The Labute approximate surface area is 189 Å². The van der Waals surface area contributed by atoms with Crippen molar-refractivity contribution in [1.82, 2.24) is 15.5 Å². The van der Waals surface area contributed by atoms with Gasteiger partial charge < -0.3 is 25.4 Å². The van der Waals surface area contributed by atoms with Gasteiger partial charge in [0.05, 0.1) is 6.42 Å². The summed E-state index contributed by atoms with van der Waals surface area (Å²) in [5, 5.41) is 15.7. The molecule has 0 aliphatic carbocycles. The van der Waals surface area contributed by atoms with E-state index >= 15 is 0 Å². The van der Waals surface area contributed by atoms with E-state index in [1.807, 2.05) is 12.2 Å². The number of amides is 3. The quantitative estimate of drug-likeness (QED) is 0.452. The minimum Gasteiger partial charge on any atom is -0.434 e. The number of benzene rings is 1. The number of hydrogen-bond donors (Lipinski definition) is 3. The second kappa shape index (κ2) is 9.30. The zero-order valence-corrected chi connectivity index (χ0v) is 18.0. The normalized spacial score (nSPS) is 30.7. The number of esters is 1. The van der Waals surface area contributed by atoms with Gasteiger partial charge in [0.25, 0.3) is 5.91 Å². The van der Waals surface area contributed by atoms with Gasteiger partial charge in [-0.05, 0) is 49.9 Å². The number of rotatable bonds is 4.